The second-order valence-electron chi connectivity index (χ2n) is 6.64. The number of nitrogens with zero attached hydrogens (tertiary/aromatic N) is 1. The molecule has 3 N–H and O–H groups in total. The number of hydrogen-bond donors (Lipinski definition) is 3. The number of nitrogens with one attached hydrogen (secondary N) is 2. The van der Waals surface area contributed by atoms with E-state index in [4.69, 9.17) is 10.1 Å². The van der Waals surface area contributed by atoms with Crippen molar-refractivity contribution in [3.8, 4) is 0 Å². The van der Waals surface area contributed by atoms with E-state index < -0.39 is 0 Å². The maximum Gasteiger partial charge on any atom is 0.0950 e. The third-order valence-electron chi connectivity index (χ3n) is 5.24. The highest BCUT2D eigenvalue weighted by Gasteiger charge is 2.34. The summed E-state index contributed by atoms with van der Waals surface area (Å²) in [6.45, 7) is 5.31. The van der Waals surface area contributed by atoms with Crippen LogP contribution in [-0.2, 0) is 4.74 Å². The van der Waals surface area contributed by atoms with Crippen LogP contribution in [0, 0.1) is 12.3 Å². The summed E-state index contributed by atoms with van der Waals surface area (Å²) in [6.07, 6.45) is 3.92. The third-order valence-corrected chi connectivity index (χ3v) is 6.41. The summed E-state index contributed by atoms with van der Waals surface area (Å²) in [5, 5.41) is 21.0. The Morgan fingerprint density at radius 2 is 2.12 bits per heavy atom. The van der Waals surface area contributed by atoms with Crippen molar-refractivity contribution in [1.82, 2.24) is 4.90 Å². The predicted molar refractivity (Wildman–Crippen MR) is 109 cm³/mol. The van der Waals surface area contributed by atoms with Gasteiger partial charge in [0.1, 0.15) is 0 Å². The Kier molecular flexibility index (Phi) is 6.49. The zero-order valence-corrected chi connectivity index (χ0v) is 17.0. The molecular weight excluding hydrogens is 436 g/mol. The Hall–Kier alpha value is -0.270. The zero-order valence-electron chi connectivity index (χ0n) is 13.9. The molecule has 2 saturated heterocycles. The summed E-state index contributed by atoms with van der Waals surface area (Å²) < 4.78 is 5.40. The van der Waals surface area contributed by atoms with E-state index in [1.807, 2.05) is 0 Å². The fourth-order valence-electron chi connectivity index (χ4n) is 3.89. The number of ether oxygens (including phenoxy) is 1. The monoisotopic (exact) mass is 461 g/mol. The van der Waals surface area contributed by atoms with Gasteiger partial charge in [0, 0.05) is 23.8 Å². The molecular formula is C17H25IN3O2P. The van der Waals surface area contributed by atoms with Crippen molar-refractivity contribution in [3.63, 3.8) is 0 Å². The van der Waals surface area contributed by atoms with E-state index in [9.17, 15) is 5.11 Å². The first-order valence-corrected chi connectivity index (χ1v) is 12.5. The van der Waals surface area contributed by atoms with Crippen molar-refractivity contribution >= 4 is 40.3 Å². The molecule has 0 bridgehead atoms. The number of piperidine rings is 1. The maximum atomic E-state index is 10.0. The number of aliphatic hydroxyl groups excluding tert-OH is 1. The van der Waals surface area contributed by atoms with Crippen molar-refractivity contribution in [1.29, 1.82) is 5.41 Å². The van der Waals surface area contributed by atoms with E-state index in [1.54, 1.807) is 0 Å². The smallest absolute Gasteiger partial charge is 0.0950 e. The van der Waals surface area contributed by atoms with Crippen molar-refractivity contribution in [3.05, 3.63) is 28.8 Å². The standard InChI is InChI=1S/C17H25IN3O2P/c1-11-6-13(8-19)15(20-24-18)7-14(11)12-2-4-21(5-3-12)16-9-23-10-17(16)22/h6-8,12,16-17,19-20,22,24H,2-5,9-10H2,1H3. The molecule has 2 aliphatic rings. The lowest BCUT2D eigenvalue weighted by atomic mass is 9.85. The van der Waals surface area contributed by atoms with Crippen LogP contribution in [0.4, 0.5) is 5.69 Å². The van der Waals surface area contributed by atoms with Gasteiger partial charge in [-0.25, -0.2) is 0 Å². The minimum absolute atomic E-state index is 0.171. The average Bonchev–Trinajstić information content (AvgIpc) is 3.02. The van der Waals surface area contributed by atoms with Gasteiger partial charge in [0.15, 0.2) is 0 Å². The van der Waals surface area contributed by atoms with Gasteiger partial charge in [-0.1, -0.05) is 0 Å². The van der Waals surface area contributed by atoms with Crippen LogP contribution < -0.4 is 5.09 Å². The molecule has 0 saturated carbocycles. The largest absolute Gasteiger partial charge is 0.389 e. The molecule has 2 fully saturated rings. The summed E-state index contributed by atoms with van der Waals surface area (Å²) in [5.74, 6) is 0.554. The maximum absolute atomic E-state index is 10.0. The van der Waals surface area contributed by atoms with Crippen LogP contribution in [0.25, 0.3) is 0 Å². The highest BCUT2D eigenvalue weighted by Crippen LogP contribution is 2.36. The molecule has 3 rings (SSSR count). The van der Waals surface area contributed by atoms with E-state index in [0.717, 1.165) is 37.2 Å². The molecule has 0 amide bonds. The van der Waals surface area contributed by atoms with E-state index in [-0.39, 0.29) is 12.1 Å². The number of rotatable bonds is 5. The van der Waals surface area contributed by atoms with Gasteiger partial charge in [-0.3, -0.25) is 4.90 Å². The summed E-state index contributed by atoms with van der Waals surface area (Å²) in [7, 11) is 0. The molecule has 3 unspecified atom stereocenters. The van der Waals surface area contributed by atoms with Crippen LogP contribution in [0.5, 0.6) is 0 Å². The Labute approximate surface area is 158 Å². The molecule has 0 aromatic heterocycles. The first kappa shape index (κ1) is 18.5. The normalized spacial score (nSPS) is 26.3. The van der Waals surface area contributed by atoms with E-state index >= 15 is 0 Å². The molecule has 5 nitrogen and oxygen atoms in total. The van der Waals surface area contributed by atoms with E-state index in [2.05, 4.69) is 51.1 Å². The zero-order chi connectivity index (χ0) is 17.1. The lowest BCUT2D eigenvalue weighted by molar-refractivity contribution is 0.0663. The van der Waals surface area contributed by atoms with Gasteiger partial charge in [-0.15, -0.1) is 0 Å². The number of benzene rings is 1. The van der Waals surface area contributed by atoms with Crippen molar-refractivity contribution < 1.29 is 9.84 Å². The van der Waals surface area contributed by atoms with Gasteiger partial charge in [0.25, 0.3) is 0 Å². The number of aliphatic hydroxyl groups is 1. The fraction of sp³-hybridized carbons (Fsp3) is 0.588. The molecule has 1 aromatic carbocycles. The quantitative estimate of drug-likeness (QED) is 0.358. The number of halogens is 1. The summed E-state index contributed by atoms with van der Waals surface area (Å²) in [6, 6.07) is 4.54. The highest BCUT2D eigenvalue weighted by molar-refractivity contribution is 14.2. The van der Waals surface area contributed by atoms with Crippen LogP contribution in [0.2, 0.25) is 0 Å². The van der Waals surface area contributed by atoms with Gasteiger partial charge in [0.05, 0.1) is 25.4 Å². The molecule has 2 aliphatic heterocycles. The molecule has 3 atom stereocenters. The summed E-state index contributed by atoms with van der Waals surface area (Å²) in [4.78, 5) is 2.39. The van der Waals surface area contributed by atoms with Gasteiger partial charge >= 0.3 is 0 Å². The highest BCUT2D eigenvalue weighted by atomic mass is 127. The van der Waals surface area contributed by atoms with Crippen LogP contribution in [0.15, 0.2) is 12.1 Å². The first-order valence-electron chi connectivity index (χ1n) is 8.40. The first-order chi connectivity index (χ1) is 11.6. The molecule has 0 spiro atoms. The van der Waals surface area contributed by atoms with Crippen LogP contribution in [0.3, 0.4) is 0 Å². The summed E-state index contributed by atoms with van der Waals surface area (Å²) in [5.41, 5.74) is 4.71. The molecule has 0 radical (unpaired) electrons. The molecule has 2 heterocycles. The number of likely N-dealkylation sites (tertiary alicyclic amines) is 1. The van der Waals surface area contributed by atoms with E-state index in [0.29, 0.717) is 25.5 Å². The van der Waals surface area contributed by atoms with Crippen LogP contribution in [0.1, 0.15) is 35.4 Å². The van der Waals surface area contributed by atoms with Crippen molar-refractivity contribution in [2.45, 2.75) is 37.8 Å². The van der Waals surface area contributed by atoms with E-state index in [1.165, 1.54) is 17.3 Å². The van der Waals surface area contributed by atoms with Crippen molar-refractivity contribution in [2.24, 2.45) is 0 Å². The van der Waals surface area contributed by atoms with Gasteiger partial charge in [0.2, 0.25) is 0 Å². The molecule has 24 heavy (non-hydrogen) atoms. The minimum atomic E-state index is -0.337. The summed E-state index contributed by atoms with van der Waals surface area (Å²) >= 11 is 2.32. The lowest BCUT2D eigenvalue weighted by Gasteiger charge is -2.37. The molecule has 132 valence electrons. The second-order valence-corrected chi connectivity index (χ2v) is 8.70. The molecule has 1 aromatic rings. The second kappa shape index (κ2) is 8.41. The SMILES string of the molecule is Cc1cc(C=N)c(NPI)cc1C1CCN(C2COCC2O)CC1. The van der Waals surface area contributed by atoms with Gasteiger partial charge < -0.3 is 20.3 Å². The number of anilines is 1. The molecule has 0 aliphatic carbocycles. The Balaban J connectivity index is 1.71. The average molecular weight is 461 g/mol. The topological polar surface area (TPSA) is 68.6 Å². The van der Waals surface area contributed by atoms with Gasteiger partial charge in [-0.05, 0) is 84.1 Å². The van der Waals surface area contributed by atoms with Crippen LogP contribution in [-0.4, -0.2) is 54.7 Å². The number of aryl methyl sites for hydroxylation is 1. The lowest BCUT2D eigenvalue weighted by Crippen LogP contribution is -2.46. The van der Waals surface area contributed by atoms with Crippen molar-refractivity contribution in [2.75, 3.05) is 31.4 Å². The number of hydrogen-bond acceptors (Lipinski definition) is 5. The van der Waals surface area contributed by atoms with Crippen LogP contribution >= 0.6 is 28.4 Å². The fourth-order valence-corrected chi connectivity index (χ4v) is 5.08. The Bertz CT molecular complexity index is 593. The third kappa shape index (κ3) is 3.93. The van der Waals surface area contributed by atoms with Gasteiger partial charge in [-0.2, -0.15) is 0 Å². The minimum Gasteiger partial charge on any atom is -0.389 e. The predicted octanol–water partition coefficient (Wildman–Crippen LogP) is 3.29. The Morgan fingerprint density at radius 1 is 1.38 bits per heavy atom. The molecule has 7 heteroatoms. The Morgan fingerprint density at radius 3 is 2.71 bits per heavy atom.